The summed E-state index contributed by atoms with van der Waals surface area (Å²) >= 11 is 12.4. The highest BCUT2D eigenvalue weighted by molar-refractivity contribution is 6.40. The van der Waals surface area contributed by atoms with Crippen LogP contribution in [-0.2, 0) is 38.8 Å². The van der Waals surface area contributed by atoms with E-state index in [0.29, 0.717) is 43.9 Å². The molecule has 1 aliphatic heterocycles. The summed E-state index contributed by atoms with van der Waals surface area (Å²) in [5.41, 5.74) is 7.31. The fourth-order valence-corrected chi connectivity index (χ4v) is 5.82. The Balaban J connectivity index is 1.22. The smallest absolute Gasteiger partial charge is 0.243 e. The van der Waals surface area contributed by atoms with Gasteiger partial charge in [0.2, 0.25) is 11.8 Å². The second-order valence-electron chi connectivity index (χ2n) is 11.5. The lowest BCUT2D eigenvalue weighted by atomic mass is 9.99. The number of amides is 2. The highest BCUT2D eigenvalue weighted by Gasteiger charge is 2.33. The van der Waals surface area contributed by atoms with Crippen molar-refractivity contribution in [3.63, 3.8) is 0 Å². The third-order valence-corrected chi connectivity index (χ3v) is 8.88. The van der Waals surface area contributed by atoms with Crippen LogP contribution < -0.4 is 10.8 Å². The van der Waals surface area contributed by atoms with Crippen molar-refractivity contribution >= 4 is 35.0 Å². The number of hydroxylamine groups is 1. The first-order chi connectivity index (χ1) is 22.8. The molecule has 47 heavy (non-hydrogen) atoms. The largest absolute Gasteiger partial charge is 0.392 e. The summed E-state index contributed by atoms with van der Waals surface area (Å²) in [6, 6.07) is 23.8. The van der Waals surface area contributed by atoms with Crippen molar-refractivity contribution in [3.8, 4) is 11.1 Å². The molecule has 0 saturated carbocycles. The number of nitrogens with zero attached hydrogens (tertiary/aromatic N) is 2. The quantitative estimate of drug-likeness (QED) is 0.0664. The molecule has 4 aromatic rings. The number of ether oxygens (including phenoxy) is 2. The van der Waals surface area contributed by atoms with Crippen LogP contribution in [0.5, 0.6) is 0 Å². The van der Waals surface area contributed by atoms with Crippen molar-refractivity contribution in [1.29, 1.82) is 0 Å². The lowest BCUT2D eigenvalue weighted by molar-refractivity contribution is -0.252. The van der Waals surface area contributed by atoms with E-state index in [9.17, 15) is 14.7 Å². The Bertz CT molecular complexity index is 1630. The van der Waals surface area contributed by atoms with E-state index in [1.165, 1.54) is 0 Å². The number of carbonyl (C=O) groups excluding carboxylic acids is 2. The van der Waals surface area contributed by atoms with Gasteiger partial charge in [-0.3, -0.25) is 14.8 Å². The van der Waals surface area contributed by atoms with Gasteiger partial charge in [-0.05, 0) is 46.7 Å². The lowest BCUT2D eigenvalue weighted by Gasteiger charge is -2.36. The topological polar surface area (TPSA) is 135 Å². The van der Waals surface area contributed by atoms with Gasteiger partial charge in [-0.25, -0.2) is 10.5 Å². The molecule has 2 heterocycles. The third-order valence-electron chi connectivity index (χ3n) is 8.11. The first kappa shape index (κ1) is 34.6. The molecule has 2 amide bonds. The van der Waals surface area contributed by atoms with Crippen molar-refractivity contribution in [3.05, 3.63) is 112 Å². The molecule has 0 radical (unpaired) electrons. The van der Waals surface area contributed by atoms with E-state index in [0.717, 1.165) is 39.8 Å². The molecule has 0 bridgehead atoms. The average molecular weight is 682 g/mol. The molecule has 5 rings (SSSR count). The molecule has 0 aliphatic carbocycles. The number of aliphatic hydroxyl groups excluding tert-OH is 1. The number of aliphatic hydroxyl groups is 1. The molecule has 12 heteroatoms. The van der Waals surface area contributed by atoms with Gasteiger partial charge >= 0.3 is 0 Å². The summed E-state index contributed by atoms with van der Waals surface area (Å²) in [7, 11) is 0. The Labute approximate surface area is 283 Å². The number of hydrogen-bond donors (Lipinski definition) is 4. The highest BCUT2D eigenvalue weighted by Crippen LogP contribution is 2.39. The van der Waals surface area contributed by atoms with Gasteiger partial charge in [0.05, 0.1) is 31.7 Å². The van der Waals surface area contributed by atoms with Gasteiger partial charge in [0.1, 0.15) is 5.15 Å². The van der Waals surface area contributed by atoms with Crippen LogP contribution in [0.4, 0.5) is 0 Å². The van der Waals surface area contributed by atoms with Crippen LogP contribution in [0.25, 0.3) is 11.1 Å². The second-order valence-corrected chi connectivity index (χ2v) is 12.2. The van der Waals surface area contributed by atoms with Gasteiger partial charge in [0.15, 0.2) is 11.4 Å². The first-order valence-corrected chi connectivity index (χ1v) is 16.3. The van der Waals surface area contributed by atoms with Crippen molar-refractivity contribution in [2.45, 2.75) is 76.7 Å². The van der Waals surface area contributed by atoms with Crippen LogP contribution in [-0.4, -0.2) is 37.8 Å². The van der Waals surface area contributed by atoms with Gasteiger partial charge in [0.25, 0.3) is 0 Å². The number of halogens is 2. The van der Waals surface area contributed by atoms with Gasteiger partial charge in [0, 0.05) is 31.4 Å². The fraction of sp³-hybridized carbons (Fsp3) is 0.343. The van der Waals surface area contributed by atoms with E-state index in [2.05, 4.69) is 16.4 Å². The fourth-order valence-electron chi connectivity index (χ4n) is 5.51. The van der Waals surface area contributed by atoms with Crippen molar-refractivity contribution in [2.24, 2.45) is 0 Å². The SMILES string of the molecule is O=C(CCCCCC(=O)NCc1cccc(-c2ccc(C3OC(Cn4cnc(Cl)c4Cl)CC(c4ccc(CO)cc4)O3)cc2)c1)NO. The van der Waals surface area contributed by atoms with Crippen LogP contribution in [0.2, 0.25) is 10.3 Å². The summed E-state index contributed by atoms with van der Waals surface area (Å²) in [4.78, 5) is 27.5. The number of rotatable bonds is 14. The maximum atomic E-state index is 12.3. The van der Waals surface area contributed by atoms with E-state index in [-0.39, 0.29) is 36.3 Å². The van der Waals surface area contributed by atoms with E-state index in [1.54, 1.807) is 16.4 Å². The molecule has 1 aliphatic rings. The molecule has 248 valence electrons. The van der Waals surface area contributed by atoms with Crippen LogP contribution >= 0.6 is 23.2 Å². The van der Waals surface area contributed by atoms with E-state index >= 15 is 0 Å². The Kier molecular flexibility index (Phi) is 12.4. The average Bonchev–Trinajstić information content (AvgIpc) is 3.42. The number of nitrogens with one attached hydrogen (secondary N) is 2. The first-order valence-electron chi connectivity index (χ1n) is 15.6. The standard InChI is InChI=1S/C35H38Cl2N4O6/c36-33-34(37)41(22-39-33)20-29-18-30(26-11-9-23(21-42)10-12-26)47-35(46-29)27-15-13-25(14-16-27)28-6-4-5-24(17-28)19-38-31(43)7-2-1-3-8-32(44)40-45/h4-6,9-17,22,29-30,35,42,45H,1-3,7-8,18-21H2,(H,38,43)(H,40,44). The highest BCUT2D eigenvalue weighted by atomic mass is 35.5. The van der Waals surface area contributed by atoms with Crippen LogP contribution in [0.15, 0.2) is 79.1 Å². The zero-order valence-electron chi connectivity index (χ0n) is 25.8. The minimum atomic E-state index is -0.628. The zero-order valence-corrected chi connectivity index (χ0v) is 27.3. The van der Waals surface area contributed by atoms with Gasteiger partial charge in [-0.15, -0.1) is 0 Å². The molecular weight excluding hydrogens is 643 g/mol. The summed E-state index contributed by atoms with van der Waals surface area (Å²) in [5.74, 6) is -0.458. The molecule has 1 aromatic heterocycles. The Morgan fingerprint density at radius 3 is 2.28 bits per heavy atom. The third kappa shape index (κ3) is 9.63. The molecule has 3 unspecified atom stereocenters. The molecule has 1 fully saturated rings. The van der Waals surface area contributed by atoms with Crippen LogP contribution in [0.1, 0.15) is 73.2 Å². The number of imidazole rings is 1. The predicted octanol–water partition coefficient (Wildman–Crippen LogP) is 6.67. The number of unbranched alkanes of at least 4 members (excludes halogenated alkanes) is 2. The normalized spacial score (nSPS) is 17.7. The molecule has 1 saturated heterocycles. The minimum Gasteiger partial charge on any atom is -0.392 e. The maximum Gasteiger partial charge on any atom is 0.243 e. The van der Waals surface area contributed by atoms with Gasteiger partial charge in [-0.2, -0.15) is 0 Å². The minimum absolute atomic E-state index is 0.0273. The molecule has 3 atom stereocenters. The number of hydrogen-bond acceptors (Lipinski definition) is 7. The zero-order chi connectivity index (χ0) is 33.2. The maximum absolute atomic E-state index is 12.3. The lowest BCUT2D eigenvalue weighted by Crippen LogP contribution is -2.32. The second kappa shape index (κ2) is 16.9. The van der Waals surface area contributed by atoms with E-state index in [1.807, 2.05) is 66.7 Å². The summed E-state index contributed by atoms with van der Waals surface area (Å²) in [5, 5.41) is 21.6. The van der Waals surface area contributed by atoms with Crippen molar-refractivity contribution in [2.75, 3.05) is 0 Å². The molecule has 10 nitrogen and oxygen atoms in total. The molecule has 3 aromatic carbocycles. The van der Waals surface area contributed by atoms with E-state index < -0.39 is 12.2 Å². The number of benzene rings is 3. The van der Waals surface area contributed by atoms with Crippen molar-refractivity contribution in [1.82, 2.24) is 20.3 Å². The Morgan fingerprint density at radius 2 is 1.60 bits per heavy atom. The molecule has 4 N–H and O–H groups in total. The number of carbonyl (C=O) groups is 2. The monoisotopic (exact) mass is 680 g/mol. The summed E-state index contributed by atoms with van der Waals surface area (Å²) < 4.78 is 14.7. The summed E-state index contributed by atoms with van der Waals surface area (Å²) in [6.07, 6.45) is 3.73. The number of aromatic nitrogens is 2. The van der Waals surface area contributed by atoms with Crippen LogP contribution in [0, 0.1) is 0 Å². The Morgan fingerprint density at radius 1 is 0.872 bits per heavy atom. The van der Waals surface area contributed by atoms with Crippen LogP contribution in [0.3, 0.4) is 0 Å². The van der Waals surface area contributed by atoms with Gasteiger partial charge < -0.3 is 24.5 Å². The molecule has 0 spiro atoms. The molecular formula is C35H38Cl2N4O6. The predicted molar refractivity (Wildman–Crippen MR) is 177 cm³/mol. The van der Waals surface area contributed by atoms with E-state index in [4.69, 9.17) is 37.9 Å². The van der Waals surface area contributed by atoms with Gasteiger partial charge in [-0.1, -0.05) is 96.4 Å². The Hall–Kier alpha value is -3.77. The summed E-state index contributed by atoms with van der Waals surface area (Å²) in [6.45, 7) is 0.838. The van der Waals surface area contributed by atoms with Crippen molar-refractivity contribution < 1.29 is 29.4 Å².